The highest BCUT2D eigenvalue weighted by Crippen LogP contribution is 1.99. The van der Waals surface area contributed by atoms with Crippen LogP contribution in [0, 0.1) is 5.21 Å². The predicted octanol–water partition coefficient (Wildman–Crippen LogP) is -1.37. The molecule has 0 fully saturated rings. The number of aromatic nitrogens is 1. The van der Waals surface area contributed by atoms with Crippen molar-refractivity contribution in [3.63, 3.8) is 0 Å². The fourth-order valence-corrected chi connectivity index (χ4v) is 1.48. The van der Waals surface area contributed by atoms with Crippen molar-refractivity contribution in [2.45, 2.75) is 0 Å². The summed E-state index contributed by atoms with van der Waals surface area (Å²) in [6, 6.07) is 2.81. The summed E-state index contributed by atoms with van der Waals surface area (Å²) in [5, 5.41) is 13.6. The van der Waals surface area contributed by atoms with Gasteiger partial charge in [-0.15, -0.1) is 0 Å². The number of carbonyl (C=O) groups excluding carboxylic acids is 2. The number of hydrogen-bond acceptors (Lipinski definition) is 6. The highest BCUT2D eigenvalue weighted by atomic mass is 16.5. The van der Waals surface area contributed by atoms with E-state index in [1.165, 1.54) is 32.5 Å². The van der Waals surface area contributed by atoms with Crippen LogP contribution in [0.25, 0.3) is 0 Å². The molecule has 1 aromatic heterocycles. The van der Waals surface area contributed by atoms with Gasteiger partial charge in [0.15, 0.2) is 5.69 Å². The summed E-state index contributed by atoms with van der Waals surface area (Å²) >= 11 is 0. The summed E-state index contributed by atoms with van der Waals surface area (Å²) in [6.45, 7) is 0.982. The van der Waals surface area contributed by atoms with Crippen LogP contribution in [0.15, 0.2) is 18.3 Å². The number of carbonyl (C=O) groups is 2. The van der Waals surface area contributed by atoms with Gasteiger partial charge in [0.05, 0.1) is 18.8 Å². The number of hydrogen-bond donors (Lipinski definition) is 2. The zero-order chi connectivity index (χ0) is 15.7. The van der Waals surface area contributed by atoms with Crippen molar-refractivity contribution in [3.05, 3.63) is 34.8 Å². The molecule has 8 heteroatoms. The van der Waals surface area contributed by atoms with E-state index in [1.807, 2.05) is 0 Å². The van der Waals surface area contributed by atoms with Gasteiger partial charge in [-0.25, -0.2) is 9.78 Å². The molecule has 0 saturated heterocycles. The molecule has 21 heavy (non-hydrogen) atoms. The second-order valence-corrected chi connectivity index (χ2v) is 4.18. The Morgan fingerprint density at radius 2 is 2.00 bits per heavy atom. The minimum Gasteiger partial charge on any atom is -0.626 e. The molecular formula is C13H19N3O5. The molecule has 0 aliphatic rings. The topological polar surface area (TPSA) is 105 Å². The van der Waals surface area contributed by atoms with E-state index in [0.717, 1.165) is 0 Å². The molecule has 8 nitrogen and oxygen atoms in total. The van der Waals surface area contributed by atoms with Gasteiger partial charge in [0, 0.05) is 27.0 Å². The summed E-state index contributed by atoms with van der Waals surface area (Å²) in [5.41, 5.74) is 0.330. The highest BCUT2D eigenvalue weighted by Gasteiger charge is 2.16. The summed E-state index contributed by atoms with van der Waals surface area (Å²) in [6.07, 6.45) is 1.26. The lowest BCUT2D eigenvalue weighted by Crippen LogP contribution is -3.10. The minimum atomic E-state index is -0.682. The Morgan fingerprint density at radius 1 is 1.29 bits per heavy atom. The monoisotopic (exact) mass is 297 g/mol. The number of nitrogens with zero attached hydrogens (tertiary/aromatic N) is 1. The number of amides is 2. The van der Waals surface area contributed by atoms with Crippen molar-refractivity contribution < 1.29 is 24.1 Å². The zero-order valence-corrected chi connectivity index (χ0v) is 12.0. The molecule has 1 heterocycles. The maximum atomic E-state index is 11.8. The van der Waals surface area contributed by atoms with Crippen LogP contribution in [0.2, 0.25) is 0 Å². The van der Waals surface area contributed by atoms with Gasteiger partial charge in [-0.2, -0.15) is 0 Å². The van der Waals surface area contributed by atoms with Crippen LogP contribution in [0.4, 0.5) is 0 Å². The molecule has 0 bridgehead atoms. The van der Waals surface area contributed by atoms with E-state index in [0.29, 0.717) is 18.7 Å². The second kappa shape index (κ2) is 9.14. The van der Waals surface area contributed by atoms with Gasteiger partial charge in [-0.3, -0.25) is 4.79 Å². The van der Waals surface area contributed by atoms with Gasteiger partial charge in [-0.05, 0) is 12.1 Å². The first-order valence-corrected chi connectivity index (χ1v) is 6.39. The van der Waals surface area contributed by atoms with E-state index in [-0.39, 0.29) is 24.8 Å². The Kier molecular flexibility index (Phi) is 7.48. The number of pyridine rings is 1. The van der Waals surface area contributed by atoms with Crippen LogP contribution in [0.5, 0.6) is 0 Å². The first kappa shape index (κ1) is 17.2. The maximum absolute atomic E-state index is 11.8. The van der Waals surface area contributed by atoms with Crippen molar-refractivity contribution in [2.75, 3.05) is 40.5 Å². The molecule has 0 aliphatic heterocycles. The molecule has 116 valence electrons. The molecule has 1 atom stereocenters. The molecule has 2 N–H and O–H groups in total. The molecule has 1 aromatic rings. The summed E-state index contributed by atoms with van der Waals surface area (Å²) in [7, 11) is 2.99. The number of methoxy groups -OCH3 is 2. The molecule has 0 radical (unpaired) electrons. The Morgan fingerprint density at radius 3 is 2.57 bits per heavy atom. The van der Waals surface area contributed by atoms with Crippen LogP contribution in [-0.4, -0.2) is 57.3 Å². The van der Waals surface area contributed by atoms with Crippen LogP contribution in [-0.2, 0) is 9.47 Å². The summed E-state index contributed by atoms with van der Waals surface area (Å²) < 4.78 is 9.55. The van der Waals surface area contributed by atoms with E-state index in [9.17, 15) is 14.8 Å². The van der Waals surface area contributed by atoms with Gasteiger partial charge in [0.1, 0.15) is 6.54 Å². The lowest BCUT2D eigenvalue weighted by Gasteiger charge is -2.18. The van der Waals surface area contributed by atoms with Gasteiger partial charge in [-0.1, -0.05) is 0 Å². The Labute approximate surface area is 122 Å². The average molecular weight is 297 g/mol. The van der Waals surface area contributed by atoms with E-state index in [2.05, 4.69) is 10.3 Å². The summed E-state index contributed by atoms with van der Waals surface area (Å²) in [4.78, 5) is 27.3. The molecule has 0 aromatic carbocycles. The van der Waals surface area contributed by atoms with Crippen molar-refractivity contribution in [1.82, 2.24) is 10.3 Å². The van der Waals surface area contributed by atoms with Gasteiger partial charge < -0.3 is 25.1 Å². The van der Waals surface area contributed by atoms with Crippen LogP contribution in [0.3, 0.4) is 0 Å². The number of nitrogens with one attached hydrogen (secondary N) is 2. The first-order valence-electron chi connectivity index (χ1n) is 6.39. The summed E-state index contributed by atoms with van der Waals surface area (Å²) in [5.74, 6) is -0.998. The number of hydroxylamine groups is 2. The largest absolute Gasteiger partial charge is 0.626 e. The smallest absolute Gasteiger partial charge is 0.362 e. The van der Waals surface area contributed by atoms with Crippen molar-refractivity contribution in [1.29, 1.82) is 0 Å². The van der Waals surface area contributed by atoms with E-state index < -0.39 is 11.0 Å². The maximum Gasteiger partial charge on any atom is 0.362 e. The van der Waals surface area contributed by atoms with Crippen LogP contribution in [0.1, 0.15) is 20.8 Å². The Bertz CT molecular complexity index is 463. The zero-order valence-electron chi connectivity index (χ0n) is 12.0. The fraction of sp³-hybridized carbons (Fsp3) is 0.462. The van der Waals surface area contributed by atoms with E-state index >= 15 is 0 Å². The van der Waals surface area contributed by atoms with Gasteiger partial charge in [0.2, 0.25) is 0 Å². The lowest BCUT2D eigenvalue weighted by atomic mass is 10.2. The van der Waals surface area contributed by atoms with Crippen molar-refractivity contribution >= 4 is 11.8 Å². The van der Waals surface area contributed by atoms with E-state index in [4.69, 9.17) is 9.47 Å². The number of quaternary nitrogens is 1. The SMILES string of the molecule is COCCNC(=O)c1ccc(C(=O)[NH+]([O-])CCOC)nc1. The molecule has 1 unspecified atom stereocenters. The fourth-order valence-electron chi connectivity index (χ4n) is 1.48. The van der Waals surface area contributed by atoms with E-state index in [1.54, 1.807) is 0 Å². The van der Waals surface area contributed by atoms with Crippen LogP contribution < -0.4 is 10.4 Å². The lowest BCUT2D eigenvalue weighted by molar-refractivity contribution is -0.758. The predicted molar refractivity (Wildman–Crippen MR) is 73.8 cm³/mol. The number of ether oxygens (including phenoxy) is 2. The third-order valence-corrected chi connectivity index (χ3v) is 2.64. The minimum absolute atomic E-state index is 0.0102. The molecule has 1 rings (SSSR count). The number of rotatable bonds is 8. The molecular weight excluding hydrogens is 278 g/mol. The Hall–Kier alpha value is -1.87. The third-order valence-electron chi connectivity index (χ3n) is 2.64. The quantitative estimate of drug-likeness (QED) is 0.453. The standard InChI is InChI=1S/C13H19N3O5/c1-20-7-5-14-12(17)10-3-4-11(15-9-10)13(18)16(19)6-8-21-2/h3-4,9,16H,5-8H2,1-2H3,(H,14,17). The second-order valence-electron chi connectivity index (χ2n) is 4.18. The molecule has 0 spiro atoms. The van der Waals surface area contributed by atoms with Gasteiger partial charge >= 0.3 is 5.91 Å². The Balaban J connectivity index is 2.60. The normalized spacial score (nSPS) is 12.0. The van der Waals surface area contributed by atoms with Crippen molar-refractivity contribution in [3.8, 4) is 0 Å². The first-order chi connectivity index (χ1) is 10.1. The van der Waals surface area contributed by atoms with Crippen LogP contribution >= 0.6 is 0 Å². The molecule has 0 aliphatic carbocycles. The van der Waals surface area contributed by atoms with Crippen molar-refractivity contribution in [2.24, 2.45) is 0 Å². The molecule has 2 amide bonds. The third kappa shape index (κ3) is 5.56. The average Bonchev–Trinajstić information content (AvgIpc) is 2.52. The molecule has 0 saturated carbocycles. The van der Waals surface area contributed by atoms with Gasteiger partial charge in [0.25, 0.3) is 5.91 Å². The highest BCUT2D eigenvalue weighted by molar-refractivity contribution is 5.94.